The lowest BCUT2D eigenvalue weighted by Crippen LogP contribution is -2.32. The number of hydrogen-bond donors (Lipinski definition) is 1. The normalized spacial score (nSPS) is 12.5. The number of halogens is 2. The summed E-state index contributed by atoms with van der Waals surface area (Å²) in [6.45, 7) is 1.14. The highest BCUT2D eigenvalue weighted by Gasteiger charge is 2.20. The number of aromatic nitrogens is 1. The van der Waals surface area contributed by atoms with Gasteiger partial charge in [0.25, 0.3) is 11.5 Å². The Labute approximate surface area is 199 Å². The number of carbonyl (C=O) groups is 1. The van der Waals surface area contributed by atoms with Crippen LogP contribution in [0.25, 0.3) is 10.9 Å². The van der Waals surface area contributed by atoms with Crippen molar-refractivity contribution >= 4 is 28.4 Å². The zero-order valence-electron chi connectivity index (χ0n) is 18.0. The molecule has 5 rings (SSSR count). The fourth-order valence-electron chi connectivity index (χ4n) is 3.92. The monoisotopic (exact) mass is 478 g/mol. The van der Waals surface area contributed by atoms with E-state index in [1.807, 2.05) is 12.1 Å². The third-order valence-corrected chi connectivity index (χ3v) is 5.84. The third kappa shape index (κ3) is 4.61. The van der Waals surface area contributed by atoms with E-state index in [1.165, 1.54) is 23.1 Å². The van der Waals surface area contributed by atoms with Crippen molar-refractivity contribution < 1.29 is 18.7 Å². The van der Waals surface area contributed by atoms with E-state index in [1.54, 1.807) is 36.4 Å². The van der Waals surface area contributed by atoms with Crippen molar-refractivity contribution in [3.8, 4) is 11.5 Å². The van der Waals surface area contributed by atoms with Gasteiger partial charge < -0.3 is 19.4 Å². The van der Waals surface area contributed by atoms with E-state index in [0.29, 0.717) is 40.8 Å². The van der Waals surface area contributed by atoms with E-state index < -0.39 is 11.7 Å². The van der Waals surface area contributed by atoms with Gasteiger partial charge in [-0.15, -0.1) is 0 Å². The fourth-order valence-corrected chi connectivity index (χ4v) is 4.05. The second-order valence-electron chi connectivity index (χ2n) is 8.00. The lowest BCUT2D eigenvalue weighted by atomic mass is 10.1. The summed E-state index contributed by atoms with van der Waals surface area (Å²) in [4.78, 5) is 30.6. The number of ether oxygens (including phenoxy) is 2. The van der Waals surface area contributed by atoms with Crippen LogP contribution in [0.2, 0.25) is 5.02 Å². The second-order valence-corrected chi connectivity index (χ2v) is 8.44. The Kier molecular flexibility index (Phi) is 5.94. The lowest BCUT2D eigenvalue weighted by Gasteiger charge is -2.23. The zero-order valence-corrected chi connectivity index (χ0v) is 18.8. The quantitative estimate of drug-likeness (QED) is 0.441. The molecule has 34 heavy (non-hydrogen) atoms. The Morgan fingerprint density at radius 2 is 1.71 bits per heavy atom. The molecule has 0 bridgehead atoms. The van der Waals surface area contributed by atoms with Gasteiger partial charge in [-0.05, 0) is 48.0 Å². The minimum atomic E-state index is -0.507. The van der Waals surface area contributed by atoms with Crippen molar-refractivity contribution in [1.82, 2.24) is 9.88 Å². The van der Waals surface area contributed by atoms with E-state index in [-0.39, 0.29) is 24.2 Å². The predicted molar refractivity (Wildman–Crippen MR) is 127 cm³/mol. The van der Waals surface area contributed by atoms with Crippen LogP contribution in [0.3, 0.4) is 0 Å². The molecule has 0 unspecified atom stereocenters. The average molecular weight is 479 g/mol. The molecule has 0 radical (unpaired) electrons. The van der Waals surface area contributed by atoms with Gasteiger partial charge in [0.15, 0.2) is 11.5 Å². The number of aromatic amines is 1. The summed E-state index contributed by atoms with van der Waals surface area (Å²) >= 11 is 5.99. The van der Waals surface area contributed by atoms with E-state index in [9.17, 15) is 14.0 Å². The van der Waals surface area contributed by atoms with E-state index >= 15 is 0 Å². The maximum atomic E-state index is 13.8. The summed E-state index contributed by atoms with van der Waals surface area (Å²) < 4.78 is 25.0. The smallest absolute Gasteiger partial charge is 0.254 e. The van der Waals surface area contributed by atoms with Gasteiger partial charge in [0.05, 0.1) is 12.1 Å². The van der Waals surface area contributed by atoms with Crippen LogP contribution in [0.15, 0.2) is 71.5 Å². The van der Waals surface area contributed by atoms with Crippen LogP contribution in [0, 0.1) is 5.82 Å². The molecule has 1 aliphatic rings. The lowest BCUT2D eigenvalue weighted by molar-refractivity contribution is 0.0729. The number of H-pyrrole nitrogens is 1. The summed E-state index contributed by atoms with van der Waals surface area (Å²) in [5, 5.41) is 1.33. The summed E-state index contributed by atoms with van der Waals surface area (Å²) in [6.07, 6.45) is 0. The molecule has 4 aromatic rings. The van der Waals surface area contributed by atoms with Crippen LogP contribution < -0.4 is 15.0 Å². The molecule has 8 heteroatoms. The maximum Gasteiger partial charge on any atom is 0.254 e. The van der Waals surface area contributed by atoms with Crippen molar-refractivity contribution in [3.05, 3.63) is 105 Å². The van der Waals surface area contributed by atoms with E-state index in [0.717, 1.165) is 10.9 Å². The number of carbonyl (C=O) groups excluding carboxylic acids is 1. The zero-order chi connectivity index (χ0) is 23.7. The van der Waals surface area contributed by atoms with Gasteiger partial charge in [-0.1, -0.05) is 29.8 Å². The number of hydrogen-bond acceptors (Lipinski definition) is 4. The number of fused-ring (bicyclic) bond motifs is 2. The third-order valence-electron chi connectivity index (χ3n) is 5.59. The molecule has 0 spiro atoms. The number of rotatable bonds is 5. The Bertz CT molecular complexity index is 1440. The molecule has 0 atom stereocenters. The van der Waals surface area contributed by atoms with Crippen molar-refractivity contribution in [2.75, 3.05) is 13.2 Å². The average Bonchev–Trinajstić information content (AvgIpc) is 2.83. The molecule has 6 nitrogen and oxygen atoms in total. The topological polar surface area (TPSA) is 71.6 Å². The van der Waals surface area contributed by atoms with Crippen molar-refractivity contribution in [2.24, 2.45) is 0 Å². The minimum absolute atomic E-state index is 0.0255. The molecule has 0 saturated heterocycles. The Morgan fingerprint density at radius 3 is 2.44 bits per heavy atom. The molecule has 172 valence electrons. The summed E-state index contributed by atoms with van der Waals surface area (Å²) in [5.41, 5.74) is 1.70. The van der Waals surface area contributed by atoms with Gasteiger partial charge in [-0.25, -0.2) is 4.39 Å². The predicted octanol–water partition coefficient (Wildman–Crippen LogP) is 4.93. The summed E-state index contributed by atoms with van der Waals surface area (Å²) in [5.74, 6) is 0.280. The Balaban J connectivity index is 1.51. The van der Waals surface area contributed by atoms with Crippen LogP contribution >= 0.6 is 11.6 Å². The minimum Gasteiger partial charge on any atom is -0.486 e. The molecule has 0 fully saturated rings. The highest BCUT2D eigenvalue weighted by Crippen LogP contribution is 2.33. The maximum absolute atomic E-state index is 13.8. The first-order valence-corrected chi connectivity index (χ1v) is 11.1. The SMILES string of the molecule is O=C(c1cccc(F)c1)N(Cc1ccc(Cl)cc1)Cc1cc2cc3c(cc2[nH]c1=O)OCCO3. The molecule has 3 aromatic carbocycles. The molecule has 1 amide bonds. The first kappa shape index (κ1) is 22.0. The number of benzene rings is 3. The van der Waals surface area contributed by atoms with Gasteiger partial charge in [0.1, 0.15) is 19.0 Å². The van der Waals surface area contributed by atoms with Crippen molar-refractivity contribution in [1.29, 1.82) is 0 Å². The molecule has 1 N–H and O–H groups in total. The fraction of sp³-hybridized carbons (Fsp3) is 0.154. The molecular formula is C26H20ClFN2O4. The van der Waals surface area contributed by atoms with E-state index in [4.69, 9.17) is 21.1 Å². The first-order chi connectivity index (χ1) is 16.5. The van der Waals surface area contributed by atoms with Gasteiger partial charge in [-0.3, -0.25) is 9.59 Å². The van der Waals surface area contributed by atoms with Crippen LogP contribution in [0.1, 0.15) is 21.5 Å². The molecule has 1 aromatic heterocycles. The standard InChI is InChI=1S/C26H20ClFN2O4/c27-20-6-4-16(5-7-20)14-30(26(32)17-2-1-3-21(28)11-17)15-19-10-18-12-23-24(34-9-8-33-23)13-22(18)29-25(19)31/h1-7,10-13H,8-9,14-15H2,(H,29,31). The van der Waals surface area contributed by atoms with Crippen molar-refractivity contribution in [2.45, 2.75) is 13.1 Å². The van der Waals surface area contributed by atoms with Crippen molar-refractivity contribution in [3.63, 3.8) is 0 Å². The largest absolute Gasteiger partial charge is 0.486 e. The highest BCUT2D eigenvalue weighted by molar-refractivity contribution is 6.30. The molecule has 0 saturated carbocycles. The Hall–Kier alpha value is -3.84. The van der Waals surface area contributed by atoms with Crippen LogP contribution in [-0.2, 0) is 13.1 Å². The molecule has 1 aliphatic heterocycles. The summed E-state index contributed by atoms with van der Waals surface area (Å²) in [7, 11) is 0. The van der Waals surface area contributed by atoms with Crippen LogP contribution in [0.4, 0.5) is 4.39 Å². The van der Waals surface area contributed by atoms with Crippen LogP contribution in [0.5, 0.6) is 11.5 Å². The number of pyridine rings is 1. The van der Waals surface area contributed by atoms with Gasteiger partial charge >= 0.3 is 0 Å². The second kappa shape index (κ2) is 9.19. The van der Waals surface area contributed by atoms with Gasteiger partial charge in [-0.2, -0.15) is 0 Å². The highest BCUT2D eigenvalue weighted by atomic mass is 35.5. The first-order valence-electron chi connectivity index (χ1n) is 10.7. The number of amides is 1. The number of nitrogens with one attached hydrogen (secondary N) is 1. The molecule has 0 aliphatic carbocycles. The van der Waals surface area contributed by atoms with Gasteiger partial charge in [0, 0.05) is 34.1 Å². The summed E-state index contributed by atoms with van der Waals surface area (Å²) in [6, 6.07) is 17.9. The van der Waals surface area contributed by atoms with Gasteiger partial charge in [0.2, 0.25) is 0 Å². The number of nitrogens with zero attached hydrogens (tertiary/aromatic N) is 1. The van der Waals surface area contributed by atoms with Crippen LogP contribution in [-0.4, -0.2) is 29.0 Å². The van der Waals surface area contributed by atoms with E-state index in [2.05, 4.69) is 4.98 Å². The molecule has 2 heterocycles. The molecular weight excluding hydrogens is 459 g/mol. The Morgan fingerprint density at radius 1 is 0.971 bits per heavy atom.